The first-order chi connectivity index (χ1) is 11.9. The van der Waals surface area contributed by atoms with Crippen LogP contribution in [0, 0.1) is 0 Å². The van der Waals surface area contributed by atoms with Crippen LogP contribution in [-0.4, -0.2) is 48.6 Å². The largest absolute Gasteiger partial charge is 0.416 e. The van der Waals surface area contributed by atoms with Gasteiger partial charge in [0.05, 0.1) is 17.3 Å². The number of alkyl halides is 3. The average Bonchev–Trinajstić information content (AvgIpc) is 3.02. The Hall–Kier alpha value is -1.72. The van der Waals surface area contributed by atoms with Crippen LogP contribution in [-0.2, 0) is 27.7 Å². The monoisotopic (exact) mass is 394 g/mol. The number of nitrogens with one attached hydrogen (secondary N) is 1. The number of carbonyl (C=O) groups excluding carboxylic acids is 1. The van der Waals surface area contributed by atoms with Crippen molar-refractivity contribution in [2.24, 2.45) is 0 Å². The van der Waals surface area contributed by atoms with E-state index in [1.807, 2.05) is 0 Å². The van der Waals surface area contributed by atoms with Crippen molar-refractivity contribution in [2.75, 3.05) is 20.6 Å². The van der Waals surface area contributed by atoms with E-state index >= 15 is 0 Å². The van der Waals surface area contributed by atoms with Crippen LogP contribution in [0.3, 0.4) is 0 Å². The number of nitrogens with zero attached hydrogens (tertiary/aromatic N) is 3. The minimum Gasteiger partial charge on any atom is -0.352 e. The SMILES string of the molecule is CC(=O)NCc1cnc(C2CCCN2S(=O)(=O)N(C)C)cc1C(F)(F)F. The molecule has 2 rings (SSSR count). The Balaban J connectivity index is 2.42. The minimum atomic E-state index is -4.64. The first-order valence-corrected chi connectivity index (χ1v) is 9.34. The maximum atomic E-state index is 13.4. The number of amides is 1. The van der Waals surface area contributed by atoms with E-state index in [4.69, 9.17) is 0 Å². The van der Waals surface area contributed by atoms with Crippen LogP contribution in [0.25, 0.3) is 0 Å². The van der Waals surface area contributed by atoms with Crippen LogP contribution in [0.4, 0.5) is 13.2 Å². The first-order valence-electron chi connectivity index (χ1n) is 7.94. The highest BCUT2D eigenvalue weighted by atomic mass is 32.2. The Morgan fingerprint density at radius 1 is 1.42 bits per heavy atom. The van der Waals surface area contributed by atoms with E-state index in [2.05, 4.69) is 10.3 Å². The molecule has 0 spiro atoms. The summed E-state index contributed by atoms with van der Waals surface area (Å²) >= 11 is 0. The van der Waals surface area contributed by atoms with Gasteiger partial charge in [-0.05, 0) is 18.9 Å². The number of aromatic nitrogens is 1. The molecular formula is C15H21F3N4O3S. The summed E-state index contributed by atoms with van der Waals surface area (Å²) in [5.74, 6) is -0.457. The zero-order chi connectivity index (χ0) is 19.7. The van der Waals surface area contributed by atoms with Gasteiger partial charge in [-0.25, -0.2) is 0 Å². The molecule has 1 aromatic heterocycles. The fraction of sp³-hybridized carbons (Fsp3) is 0.600. The molecule has 1 aliphatic rings. The van der Waals surface area contributed by atoms with E-state index < -0.39 is 33.9 Å². The van der Waals surface area contributed by atoms with E-state index in [1.54, 1.807) is 0 Å². The molecular weight excluding hydrogens is 373 g/mol. The van der Waals surface area contributed by atoms with Crippen molar-refractivity contribution in [3.8, 4) is 0 Å². The highest BCUT2D eigenvalue weighted by Crippen LogP contribution is 2.38. The van der Waals surface area contributed by atoms with Crippen LogP contribution in [0.5, 0.6) is 0 Å². The Bertz CT molecular complexity index is 781. The Morgan fingerprint density at radius 2 is 2.08 bits per heavy atom. The standard InChI is InChI=1S/C15H21F3N4O3S/c1-10(23)19-8-11-9-20-13(7-12(11)15(16,17)18)14-5-4-6-22(14)26(24,25)21(2)3/h7,9,14H,4-6,8H2,1-3H3,(H,19,23). The molecule has 1 amide bonds. The van der Waals surface area contributed by atoms with Crippen LogP contribution >= 0.6 is 0 Å². The predicted octanol–water partition coefficient (Wildman–Crippen LogP) is 1.68. The van der Waals surface area contributed by atoms with Crippen LogP contribution in [0.2, 0.25) is 0 Å². The van der Waals surface area contributed by atoms with Gasteiger partial charge >= 0.3 is 6.18 Å². The number of hydrogen-bond acceptors (Lipinski definition) is 4. The minimum absolute atomic E-state index is 0.0480. The lowest BCUT2D eigenvalue weighted by Gasteiger charge is -2.27. The smallest absolute Gasteiger partial charge is 0.352 e. The molecule has 2 heterocycles. The fourth-order valence-electron chi connectivity index (χ4n) is 2.83. The zero-order valence-electron chi connectivity index (χ0n) is 14.7. The molecule has 1 fully saturated rings. The molecule has 26 heavy (non-hydrogen) atoms. The lowest BCUT2D eigenvalue weighted by atomic mass is 10.0. The molecule has 11 heteroatoms. The first kappa shape index (κ1) is 20.6. The van der Waals surface area contributed by atoms with Gasteiger partial charge in [-0.1, -0.05) is 0 Å². The van der Waals surface area contributed by atoms with Crippen molar-refractivity contribution in [3.63, 3.8) is 0 Å². The van der Waals surface area contributed by atoms with Gasteiger partial charge in [0.2, 0.25) is 5.91 Å². The summed E-state index contributed by atoms with van der Waals surface area (Å²) in [5, 5.41) is 2.32. The number of pyridine rings is 1. The summed E-state index contributed by atoms with van der Waals surface area (Å²) in [6, 6.07) is 0.129. The molecule has 0 radical (unpaired) electrons. The third kappa shape index (κ3) is 4.33. The fourth-order valence-corrected chi connectivity index (χ4v) is 4.14. The predicted molar refractivity (Wildman–Crippen MR) is 88.0 cm³/mol. The summed E-state index contributed by atoms with van der Waals surface area (Å²) in [7, 11) is -1.02. The van der Waals surface area contributed by atoms with Gasteiger partial charge in [0.25, 0.3) is 10.2 Å². The number of rotatable bonds is 5. The molecule has 0 saturated carbocycles. The number of halogens is 3. The second-order valence-electron chi connectivity index (χ2n) is 6.23. The molecule has 146 valence electrons. The van der Waals surface area contributed by atoms with Crippen molar-refractivity contribution < 1.29 is 26.4 Å². The molecule has 1 atom stereocenters. The highest BCUT2D eigenvalue weighted by Gasteiger charge is 2.39. The second-order valence-corrected chi connectivity index (χ2v) is 8.33. The molecule has 1 aliphatic heterocycles. The topological polar surface area (TPSA) is 82.6 Å². The van der Waals surface area contributed by atoms with Crippen molar-refractivity contribution >= 4 is 16.1 Å². The lowest BCUT2D eigenvalue weighted by Crippen LogP contribution is -2.39. The lowest BCUT2D eigenvalue weighted by molar-refractivity contribution is -0.138. The number of hydrogen-bond donors (Lipinski definition) is 1. The molecule has 1 saturated heterocycles. The van der Waals surface area contributed by atoms with E-state index in [9.17, 15) is 26.4 Å². The number of carbonyl (C=O) groups is 1. The summed E-state index contributed by atoms with van der Waals surface area (Å²) in [5.41, 5.74) is -1.05. The third-order valence-corrected chi connectivity index (χ3v) is 6.10. The highest BCUT2D eigenvalue weighted by molar-refractivity contribution is 7.86. The van der Waals surface area contributed by atoms with Gasteiger partial charge in [0.15, 0.2) is 0 Å². The molecule has 0 aromatic carbocycles. The van der Waals surface area contributed by atoms with Crippen molar-refractivity contribution in [3.05, 3.63) is 29.1 Å². The van der Waals surface area contributed by atoms with Crippen molar-refractivity contribution in [1.82, 2.24) is 18.9 Å². The van der Waals surface area contributed by atoms with Crippen molar-refractivity contribution in [1.29, 1.82) is 0 Å². The van der Waals surface area contributed by atoms with Gasteiger partial charge in [0, 0.05) is 45.9 Å². The summed E-state index contributed by atoms with van der Waals surface area (Å²) in [4.78, 5) is 15.0. The Labute approximate surface area is 150 Å². The second kappa shape index (κ2) is 7.49. The molecule has 7 nitrogen and oxygen atoms in total. The maximum absolute atomic E-state index is 13.4. The summed E-state index contributed by atoms with van der Waals surface area (Å²) in [6.45, 7) is 1.13. The van der Waals surface area contributed by atoms with E-state index in [-0.39, 0.29) is 24.3 Å². The molecule has 1 aromatic rings. The molecule has 1 unspecified atom stereocenters. The summed E-state index contributed by atoms with van der Waals surface area (Å²) < 4.78 is 67.2. The Kier molecular flexibility index (Phi) is 5.93. The third-order valence-electron chi connectivity index (χ3n) is 4.14. The van der Waals surface area contributed by atoms with Gasteiger partial charge in [0.1, 0.15) is 0 Å². The summed E-state index contributed by atoms with van der Waals surface area (Å²) in [6.07, 6.45) is -2.67. The average molecular weight is 394 g/mol. The van der Waals surface area contributed by atoms with E-state index in [0.29, 0.717) is 12.8 Å². The zero-order valence-corrected chi connectivity index (χ0v) is 15.5. The molecule has 0 aliphatic carbocycles. The van der Waals surface area contributed by atoms with E-state index in [0.717, 1.165) is 16.6 Å². The van der Waals surface area contributed by atoms with Gasteiger partial charge in [-0.15, -0.1) is 0 Å². The van der Waals surface area contributed by atoms with Gasteiger partial charge in [-0.3, -0.25) is 9.78 Å². The van der Waals surface area contributed by atoms with Gasteiger partial charge < -0.3 is 5.32 Å². The maximum Gasteiger partial charge on any atom is 0.416 e. The van der Waals surface area contributed by atoms with E-state index in [1.165, 1.54) is 25.3 Å². The normalized spacial score (nSPS) is 19.1. The van der Waals surface area contributed by atoms with Crippen LogP contribution < -0.4 is 5.32 Å². The van der Waals surface area contributed by atoms with Crippen molar-refractivity contribution in [2.45, 2.75) is 38.5 Å². The van der Waals surface area contributed by atoms with Gasteiger partial charge in [-0.2, -0.15) is 30.2 Å². The molecule has 0 bridgehead atoms. The quantitative estimate of drug-likeness (QED) is 0.824. The Morgan fingerprint density at radius 3 is 2.62 bits per heavy atom. The van der Waals surface area contributed by atoms with Crippen LogP contribution in [0.15, 0.2) is 12.3 Å². The van der Waals surface area contributed by atoms with Crippen LogP contribution in [0.1, 0.15) is 42.6 Å². The molecule has 1 N–H and O–H groups in total.